The van der Waals surface area contributed by atoms with Crippen molar-refractivity contribution in [2.24, 2.45) is 0 Å². The first kappa shape index (κ1) is 20.7. The lowest BCUT2D eigenvalue weighted by Crippen LogP contribution is -2.33. The molecule has 3 heterocycles. The van der Waals surface area contributed by atoms with Gasteiger partial charge in [0.25, 0.3) is 0 Å². The molecule has 31 heavy (non-hydrogen) atoms. The van der Waals surface area contributed by atoms with Crippen LogP contribution in [0.1, 0.15) is 43.6 Å². The van der Waals surface area contributed by atoms with Gasteiger partial charge in [-0.25, -0.2) is 4.79 Å². The van der Waals surface area contributed by atoms with Gasteiger partial charge in [0.1, 0.15) is 17.9 Å². The summed E-state index contributed by atoms with van der Waals surface area (Å²) in [5.41, 5.74) is 2.91. The van der Waals surface area contributed by atoms with Crippen LogP contribution < -0.4 is 9.47 Å². The summed E-state index contributed by atoms with van der Waals surface area (Å²) in [5, 5.41) is 3.73. The Hall–Kier alpha value is -3.55. The number of rotatable bonds is 6. The Morgan fingerprint density at radius 3 is 2.61 bits per heavy atom. The van der Waals surface area contributed by atoms with Crippen LogP contribution in [0, 0.1) is 27.7 Å². The van der Waals surface area contributed by atoms with Crippen LogP contribution in [0.2, 0.25) is 0 Å². The van der Waals surface area contributed by atoms with Crippen LogP contribution in [-0.2, 0) is 11.3 Å². The quantitative estimate of drug-likeness (QED) is 0.441. The van der Waals surface area contributed by atoms with Gasteiger partial charge in [0.05, 0.1) is 12.2 Å². The van der Waals surface area contributed by atoms with E-state index < -0.39 is 5.97 Å². The molecule has 3 aromatic rings. The van der Waals surface area contributed by atoms with Crippen LogP contribution in [0.25, 0.3) is 0 Å². The zero-order chi connectivity index (χ0) is 22.1. The molecule has 0 radical (unpaired) electrons. The molecule has 0 N–H and O–H groups in total. The van der Waals surface area contributed by atoms with Crippen molar-refractivity contribution in [2.45, 2.75) is 40.3 Å². The van der Waals surface area contributed by atoms with Crippen molar-refractivity contribution < 1.29 is 28.3 Å². The van der Waals surface area contributed by atoms with Gasteiger partial charge in [-0.15, -0.1) is 0 Å². The largest absolute Gasteiger partial charge is 0.486 e. The molecule has 1 aliphatic heterocycles. The Labute approximate surface area is 179 Å². The van der Waals surface area contributed by atoms with Crippen molar-refractivity contribution in [2.75, 3.05) is 13.2 Å². The Balaban J connectivity index is 1.43. The Morgan fingerprint density at radius 2 is 1.90 bits per heavy atom. The molecular weight excluding hydrogens is 400 g/mol. The molecule has 0 saturated carbocycles. The Kier molecular flexibility index (Phi) is 5.54. The molecule has 1 aromatic carbocycles. The maximum Gasteiger partial charge on any atom is 0.344 e. The fraction of sp³-hybridized carbons (Fsp3) is 0.348. The summed E-state index contributed by atoms with van der Waals surface area (Å²) in [4.78, 5) is 25.0. The monoisotopic (exact) mass is 424 g/mol. The normalized spacial score (nSPS) is 15.0. The van der Waals surface area contributed by atoms with E-state index in [4.69, 9.17) is 18.7 Å². The molecule has 2 aromatic heterocycles. The first-order valence-corrected chi connectivity index (χ1v) is 10.0. The predicted molar refractivity (Wildman–Crippen MR) is 111 cm³/mol. The van der Waals surface area contributed by atoms with E-state index in [-0.39, 0.29) is 24.1 Å². The SMILES string of the molecule is Cc1noc(C)c1C(=O)OCC(=O)c1cc(C)n(C[C@@H]2COc3ccccc3O2)c1C. The van der Waals surface area contributed by atoms with Crippen molar-refractivity contribution >= 4 is 11.8 Å². The number of ether oxygens (including phenoxy) is 3. The molecule has 8 heteroatoms. The highest BCUT2D eigenvalue weighted by Gasteiger charge is 2.25. The van der Waals surface area contributed by atoms with E-state index >= 15 is 0 Å². The topological polar surface area (TPSA) is 92.8 Å². The van der Waals surface area contributed by atoms with Gasteiger partial charge in [-0.1, -0.05) is 17.3 Å². The Bertz CT molecular complexity index is 1120. The van der Waals surface area contributed by atoms with E-state index in [0.29, 0.717) is 35.9 Å². The van der Waals surface area contributed by atoms with Crippen LogP contribution in [-0.4, -0.2) is 40.8 Å². The first-order valence-electron chi connectivity index (χ1n) is 10.0. The van der Waals surface area contributed by atoms with Crippen molar-refractivity contribution in [1.82, 2.24) is 9.72 Å². The lowest BCUT2D eigenvalue weighted by Gasteiger charge is -2.27. The first-order chi connectivity index (χ1) is 14.8. The summed E-state index contributed by atoms with van der Waals surface area (Å²) in [6.07, 6.45) is -0.181. The van der Waals surface area contributed by atoms with E-state index in [1.807, 2.05) is 42.7 Å². The van der Waals surface area contributed by atoms with Crippen LogP contribution in [0.15, 0.2) is 34.9 Å². The second-order valence-corrected chi connectivity index (χ2v) is 7.59. The molecule has 0 amide bonds. The molecule has 4 rings (SSSR count). The lowest BCUT2D eigenvalue weighted by molar-refractivity contribution is 0.0472. The van der Waals surface area contributed by atoms with Gasteiger partial charge in [0.2, 0.25) is 5.78 Å². The molecule has 1 aliphatic rings. The van der Waals surface area contributed by atoms with E-state index in [1.165, 1.54) is 0 Å². The highest BCUT2D eigenvalue weighted by molar-refractivity contribution is 6.00. The van der Waals surface area contributed by atoms with Crippen LogP contribution in [0.3, 0.4) is 0 Å². The second kappa shape index (κ2) is 8.29. The zero-order valence-electron chi connectivity index (χ0n) is 17.9. The van der Waals surface area contributed by atoms with Gasteiger partial charge < -0.3 is 23.3 Å². The number of hydrogen-bond donors (Lipinski definition) is 0. The van der Waals surface area contributed by atoms with Crippen molar-refractivity contribution in [3.8, 4) is 11.5 Å². The van der Waals surface area contributed by atoms with E-state index in [9.17, 15) is 9.59 Å². The van der Waals surface area contributed by atoms with Crippen LogP contribution >= 0.6 is 0 Å². The molecule has 0 fully saturated rings. The standard InChI is InChI=1S/C23H24N2O6/c1-13-9-18(19(26)12-29-23(27)22-14(2)24-31-16(22)4)15(3)25(13)10-17-11-28-20-7-5-6-8-21(20)30-17/h5-9,17H,10-12H2,1-4H3/t17-/m1/s1. The molecular formula is C23H24N2O6. The lowest BCUT2D eigenvalue weighted by atomic mass is 10.1. The van der Waals surface area contributed by atoms with E-state index in [2.05, 4.69) is 5.16 Å². The number of ketones is 1. The number of benzene rings is 1. The minimum absolute atomic E-state index is 0.181. The molecule has 0 aliphatic carbocycles. The summed E-state index contributed by atoms with van der Waals surface area (Å²) in [6.45, 7) is 7.68. The van der Waals surface area contributed by atoms with Crippen LogP contribution in [0.5, 0.6) is 11.5 Å². The smallest absolute Gasteiger partial charge is 0.344 e. The number of fused-ring (bicyclic) bond motifs is 1. The summed E-state index contributed by atoms with van der Waals surface area (Å²) in [7, 11) is 0. The summed E-state index contributed by atoms with van der Waals surface area (Å²) in [5.74, 6) is 0.916. The number of nitrogens with zero attached hydrogens (tertiary/aromatic N) is 2. The fourth-order valence-corrected chi connectivity index (χ4v) is 3.78. The van der Waals surface area contributed by atoms with Crippen molar-refractivity contribution in [3.63, 3.8) is 0 Å². The summed E-state index contributed by atoms with van der Waals surface area (Å²) >= 11 is 0. The van der Waals surface area contributed by atoms with Crippen molar-refractivity contribution in [3.05, 3.63) is 64.3 Å². The zero-order valence-corrected chi connectivity index (χ0v) is 17.9. The van der Waals surface area contributed by atoms with Gasteiger partial charge in [-0.2, -0.15) is 0 Å². The number of Topliss-reactive ketones (excluding diaryl/α,β-unsaturated/α-hetero) is 1. The Morgan fingerprint density at radius 1 is 1.16 bits per heavy atom. The minimum atomic E-state index is -0.621. The fourth-order valence-electron chi connectivity index (χ4n) is 3.78. The van der Waals surface area contributed by atoms with Crippen LogP contribution in [0.4, 0.5) is 0 Å². The average molecular weight is 424 g/mol. The number of aryl methyl sites for hydroxylation is 3. The van der Waals surface area contributed by atoms with Gasteiger partial charge >= 0.3 is 5.97 Å². The molecule has 0 spiro atoms. The molecule has 1 atom stereocenters. The van der Waals surface area contributed by atoms with E-state index in [0.717, 1.165) is 17.1 Å². The average Bonchev–Trinajstić information content (AvgIpc) is 3.24. The van der Waals surface area contributed by atoms with Gasteiger partial charge in [-0.05, 0) is 45.9 Å². The number of aromatic nitrogens is 2. The van der Waals surface area contributed by atoms with Gasteiger partial charge in [0, 0.05) is 17.0 Å². The third-order valence-corrected chi connectivity index (χ3v) is 5.40. The number of hydrogen-bond acceptors (Lipinski definition) is 7. The van der Waals surface area contributed by atoms with Gasteiger partial charge in [-0.3, -0.25) is 4.79 Å². The highest BCUT2D eigenvalue weighted by atomic mass is 16.6. The molecule has 162 valence electrons. The maximum atomic E-state index is 12.7. The van der Waals surface area contributed by atoms with E-state index in [1.54, 1.807) is 19.9 Å². The predicted octanol–water partition coefficient (Wildman–Crippen LogP) is 3.59. The highest BCUT2D eigenvalue weighted by Crippen LogP contribution is 2.31. The number of esters is 1. The van der Waals surface area contributed by atoms with Crippen molar-refractivity contribution in [1.29, 1.82) is 0 Å². The third-order valence-electron chi connectivity index (χ3n) is 5.40. The number of carbonyl (C=O) groups excluding carboxylic acids is 2. The summed E-state index contributed by atoms with van der Waals surface area (Å²) in [6, 6.07) is 9.35. The maximum absolute atomic E-state index is 12.7. The third kappa shape index (κ3) is 4.05. The molecule has 8 nitrogen and oxygen atoms in total. The summed E-state index contributed by atoms with van der Waals surface area (Å²) < 4.78 is 24.0. The minimum Gasteiger partial charge on any atom is -0.486 e. The number of carbonyl (C=O) groups is 2. The molecule has 0 bridgehead atoms. The number of para-hydroxylation sites is 2. The van der Waals surface area contributed by atoms with Gasteiger partial charge in [0.15, 0.2) is 24.2 Å². The molecule has 0 unspecified atom stereocenters. The second-order valence-electron chi connectivity index (χ2n) is 7.59. The molecule has 0 saturated heterocycles.